The maximum Gasteiger partial charge on any atom is 0.358 e. The summed E-state index contributed by atoms with van der Waals surface area (Å²) in [4.78, 5) is 11.9. The molecule has 0 bridgehead atoms. The Bertz CT molecular complexity index is 438. The molecule has 0 radical (unpaired) electrons. The lowest BCUT2D eigenvalue weighted by Crippen LogP contribution is -2.25. The second-order valence-electron chi connectivity index (χ2n) is 4.82. The number of nitrogens with two attached hydrogens (primary N) is 1. The van der Waals surface area contributed by atoms with Crippen LogP contribution in [0.4, 0.5) is 5.69 Å². The summed E-state index contributed by atoms with van der Waals surface area (Å²) in [6, 6.07) is 0. The van der Waals surface area contributed by atoms with E-state index in [9.17, 15) is 4.79 Å². The second-order valence-corrected chi connectivity index (χ2v) is 4.82. The Balaban J connectivity index is 2.62. The number of methoxy groups -OCH3 is 1. The Labute approximate surface area is 107 Å². The van der Waals surface area contributed by atoms with Crippen molar-refractivity contribution in [3.05, 3.63) is 11.4 Å². The summed E-state index contributed by atoms with van der Waals surface area (Å²) in [6.07, 6.45) is 0.617. The minimum Gasteiger partial charge on any atom is -0.461 e. The molecule has 0 amide bonds. The lowest BCUT2D eigenvalue weighted by atomic mass is 10.1. The first-order valence-corrected chi connectivity index (χ1v) is 5.80. The van der Waals surface area contributed by atoms with Crippen molar-refractivity contribution in [1.82, 2.24) is 9.78 Å². The van der Waals surface area contributed by atoms with Crippen molar-refractivity contribution in [2.75, 3.05) is 19.5 Å². The van der Waals surface area contributed by atoms with Gasteiger partial charge in [0.05, 0.1) is 23.6 Å². The lowest BCUT2D eigenvalue weighted by Gasteiger charge is -2.22. The molecule has 0 saturated heterocycles. The summed E-state index contributed by atoms with van der Waals surface area (Å²) in [5.74, 6) is -0.456. The van der Waals surface area contributed by atoms with Gasteiger partial charge in [0.2, 0.25) is 0 Å². The fourth-order valence-corrected chi connectivity index (χ4v) is 1.48. The van der Waals surface area contributed by atoms with E-state index in [1.165, 1.54) is 4.68 Å². The van der Waals surface area contributed by atoms with Crippen molar-refractivity contribution in [2.45, 2.75) is 32.8 Å². The molecule has 102 valence electrons. The molecule has 6 nitrogen and oxygen atoms in total. The average molecular weight is 255 g/mol. The number of carbonyl (C=O) groups excluding carboxylic acids is 1. The van der Waals surface area contributed by atoms with Gasteiger partial charge in [-0.1, -0.05) is 0 Å². The van der Waals surface area contributed by atoms with Crippen molar-refractivity contribution in [1.29, 1.82) is 0 Å². The highest BCUT2D eigenvalue weighted by atomic mass is 16.5. The topological polar surface area (TPSA) is 79.4 Å². The van der Waals surface area contributed by atoms with Gasteiger partial charge in [0.1, 0.15) is 0 Å². The molecule has 6 heteroatoms. The molecular formula is C12H21N3O3. The molecule has 0 aliphatic carbocycles. The fourth-order valence-electron chi connectivity index (χ4n) is 1.48. The van der Waals surface area contributed by atoms with Crippen LogP contribution in [0.3, 0.4) is 0 Å². The van der Waals surface area contributed by atoms with E-state index in [0.717, 1.165) is 0 Å². The third-order valence-corrected chi connectivity index (χ3v) is 2.95. The van der Waals surface area contributed by atoms with Crippen LogP contribution in [0.5, 0.6) is 0 Å². The van der Waals surface area contributed by atoms with Crippen molar-refractivity contribution >= 4 is 11.7 Å². The average Bonchev–Trinajstić information content (AvgIpc) is 2.53. The molecule has 0 aliphatic rings. The number of hydrogen-bond donors (Lipinski definition) is 1. The van der Waals surface area contributed by atoms with E-state index in [4.69, 9.17) is 15.2 Å². The Kier molecular flexibility index (Phi) is 4.34. The van der Waals surface area contributed by atoms with Gasteiger partial charge in [0.25, 0.3) is 0 Å². The third kappa shape index (κ3) is 3.22. The third-order valence-electron chi connectivity index (χ3n) is 2.95. The van der Waals surface area contributed by atoms with Gasteiger partial charge >= 0.3 is 5.97 Å². The minimum absolute atomic E-state index is 0.281. The van der Waals surface area contributed by atoms with Crippen LogP contribution in [0, 0.1) is 6.92 Å². The number of esters is 1. The highest BCUT2D eigenvalue weighted by Crippen LogP contribution is 2.17. The SMILES string of the molecule is COC(C)(C)CCOC(=O)c1c(N)c(C)nn1C. The fraction of sp³-hybridized carbons (Fsp3) is 0.667. The van der Waals surface area contributed by atoms with Gasteiger partial charge in [-0.25, -0.2) is 4.79 Å². The molecule has 1 aromatic rings. The summed E-state index contributed by atoms with van der Waals surface area (Å²) in [7, 11) is 3.29. The standard InChI is InChI=1S/C12H21N3O3/c1-8-9(13)10(15(4)14-8)11(16)18-7-6-12(2,3)17-5/h6-7,13H2,1-5H3. The van der Waals surface area contributed by atoms with E-state index in [-0.39, 0.29) is 12.2 Å². The molecule has 1 aromatic heterocycles. The van der Waals surface area contributed by atoms with Crippen LogP contribution in [0.1, 0.15) is 36.5 Å². The molecule has 18 heavy (non-hydrogen) atoms. The van der Waals surface area contributed by atoms with E-state index in [2.05, 4.69) is 5.10 Å². The highest BCUT2D eigenvalue weighted by molar-refractivity contribution is 5.93. The van der Waals surface area contributed by atoms with Gasteiger partial charge in [0.15, 0.2) is 5.69 Å². The Morgan fingerprint density at radius 1 is 1.50 bits per heavy atom. The smallest absolute Gasteiger partial charge is 0.358 e. The Hall–Kier alpha value is -1.56. The number of ether oxygens (including phenoxy) is 2. The summed E-state index contributed by atoms with van der Waals surface area (Å²) in [5.41, 5.74) is 6.76. The zero-order valence-corrected chi connectivity index (χ0v) is 11.6. The first-order chi connectivity index (χ1) is 8.28. The Morgan fingerprint density at radius 3 is 2.56 bits per heavy atom. The quantitative estimate of drug-likeness (QED) is 0.802. The largest absolute Gasteiger partial charge is 0.461 e. The molecule has 0 unspecified atom stereocenters. The Morgan fingerprint density at radius 2 is 2.11 bits per heavy atom. The molecule has 0 saturated carbocycles. The number of nitrogen functional groups attached to an aromatic ring is 1. The van der Waals surface area contributed by atoms with Crippen LogP contribution in [0.25, 0.3) is 0 Å². The second kappa shape index (κ2) is 5.39. The summed E-state index contributed by atoms with van der Waals surface area (Å²) in [6.45, 7) is 5.90. The van der Waals surface area contributed by atoms with Crippen molar-refractivity contribution in [3.8, 4) is 0 Å². The van der Waals surface area contributed by atoms with Crippen LogP contribution >= 0.6 is 0 Å². The predicted molar refractivity (Wildman–Crippen MR) is 68.3 cm³/mol. The van der Waals surface area contributed by atoms with Crippen molar-refractivity contribution in [2.24, 2.45) is 7.05 Å². The first-order valence-electron chi connectivity index (χ1n) is 5.80. The number of aromatic nitrogens is 2. The number of anilines is 1. The number of aryl methyl sites for hydroxylation is 2. The van der Waals surface area contributed by atoms with E-state index < -0.39 is 5.97 Å². The van der Waals surface area contributed by atoms with Gasteiger partial charge in [-0.2, -0.15) is 5.10 Å². The maximum atomic E-state index is 11.9. The maximum absolute atomic E-state index is 11.9. The van der Waals surface area contributed by atoms with E-state index in [0.29, 0.717) is 23.5 Å². The van der Waals surface area contributed by atoms with Crippen LogP contribution in [0.2, 0.25) is 0 Å². The van der Waals surface area contributed by atoms with Crippen molar-refractivity contribution in [3.63, 3.8) is 0 Å². The molecule has 0 aliphatic heterocycles. The predicted octanol–water partition coefficient (Wildman–Crippen LogP) is 1.28. The summed E-state index contributed by atoms with van der Waals surface area (Å²) >= 11 is 0. The first kappa shape index (κ1) is 14.5. The van der Waals surface area contributed by atoms with Crippen LogP contribution in [-0.2, 0) is 16.5 Å². The number of rotatable bonds is 5. The molecular weight excluding hydrogens is 234 g/mol. The molecule has 1 rings (SSSR count). The monoisotopic (exact) mass is 255 g/mol. The number of nitrogens with zero attached hydrogens (tertiary/aromatic N) is 2. The van der Waals surface area contributed by atoms with Gasteiger partial charge < -0.3 is 15.2 Å². The molecule has 0 aromatic carbocycles. The van der Waals surface area contributed by atoms with Gasteiger partial charge in [-0.3, -0.25) is 4.68 Å². The normalized spacial score (nSPS) is 11.6. The van der Waals surface area contributed by atoms with E-state index >= 15 is 0 Å². The zero-order chi connectivity index (χ0) is 13.9. The van der Waals surface area contributed by atoms with Crippen LogP contribution in [-0.4, -0.2) is 35.1 Å². The lowest BCUT2D eigenvalue weighted by molar-refractivity contribution is -0.00590. The zero-order valence-electron chi connectivity index (χ0n) is 11.6. The number of hydrogen-bond acceptors (Lipinski definition) is 5. The van der Waals surface area contributed by atoms with Gasteiger partial charge in [0, 0.05) is 20.6 Å². The summed E-state index contributed by atoms with van der Waals surface area (Å²) in [5, 5.41) is 4.07. The molecule has 0 spiro atoms. The minimum atomic E-state index is -0.456. The highest BCUT2D eigenvalue weighted by Gasteiger charge is 2.21. The molecule has 1 heterocycles. The van der Waals surface area contributed by atoms with Crippen LogP contribution in [0.15, 0.2) is 0 Å². The number of carbonyl (C=O) groups is 1. The van der Waals surface area contributed by atoms with Gasteiger partial charge in [-0.15, -0.1) is 0 Å². The molecule has 0 fully saturated rings. The van der Waals surface area contributed by atoms with Gasteiger partial charge in [-0.05, 0) is 20.8 Å². The van der Waals surface area contributed by atoms with Crippen LogP contribution < -0.4 is 5.73 Å². The summed E-state index contributed by atoms with van der Waals surface area (Å²) < 4.78 is 11.9. The van der Waals surface area contributed by atoms with E-state index in [1.807, 2.05) is 13.8 Å². The molecule has 2 N–H and O–H groups in total. The molecule has 0 atom stereocenters. The van der Waals surface area contributed by atoms with Crippen molar-refractivity contribution < 1.29 is 14.3 Å². The van der Waals surface area contributed by atoms with E-state index in [1.54, 1.807) is 21.1 Å².